The molecule has 1 atom stereocenters. The average molecular weight is 305 g/mol. The maximum Gasteiger partial charge on any atom is 0.358 e. The lowest BCUT2D eigenvalue weighted by molar-refractivity contribution is 0.0593. The molecule has 0 radical (unpaired) electrons. The number of hydrogen-bond donors (Lipinski definition) is 1. The van der Waals surface area contributed by atoms with Crippen LogP contribution in [-0.2, 0) is 4.74 Å². The smallest absolute Gasteiger partial charge is 0.358 e. The summed E-state index contributed by atoms with van der Waals surface area (Å²) in [4.78, 5) is 11.3. The molecular formula is C15H16FN3O3. The number of methoxy groups -OCH3 is 2. The van der Waals surface area contributed by atoms with Crippen LogP contribution in [0.3, 0.4) is 0 Å². The van der Waals surface area contributed by atoms with Gasteiger partial charge in [0.1, 0.15) is 5.82 Å². The molecule has 0 amide bonds. The number of carbonyl (C=O) groups excluding carboxylic acids is 1. The van der Waals surface area contributed by atoms with Crippen molar-refractivity contribution in [3.05, 3.63) is 47.4 Å². The number of nitrogens with zero attached hydrogens (tertiary/aromatic N) is 2. The molecule has 1 heterocycles. The highest BCUT2D eigenvalue weighted by Gasteiger charge is 2.12. The highest BCUT2D eigenvalue weighted by molar-refractivity contribution is 5.86. The summed E-state index contributed by atoms with van der Waals surface area (Å²) in [5, 5.41) is 10.7. The first-order chi connectivity index (χ1) is 10.5. The Hall–Kier alpha value is -2.70. The van der Waals surface area contributed by atoms with Gasteiger partial charge in [-0.2, -0.15) is 0 Å². The fourth-order valence-corrected chi connectivity index (χ4v) is 1.88. The fourth-order valence-electron chi connectivity index (χ4n) is 1.88. The Kier molecular flexibility index (Phi) is 4.88. The van der Waals surface area contributed by atoms with Gasteiger partial charge in [0.15, 0.2) is 17.3 Å². The first-order valence-electron chi connectivity index (χ1n) is 6.57. The summed E-state index contributed by atoms with van der Waals surface area (Å²) in [5.74, 6) is -0.320. The maximum absolute atomic E-state index is 13.7. The molecule has 0 bridgehead atoms. The molecule has 1 N–H and O–H groups in total. The zero-order chi connectivity index (χ0) is 16.1. The van der Waals surface area contributed by atoms with Crippen molar-refractivity contribution in [3.8, 4) is 5.75 Å². The van der Waals surface area contributed by atoms with Gasteiger partial charge in [-0.25, -0.2) is 9.18 Å². The van der Waals surface area contributed by atoms with Crippen LogP contribution in [0, 0.1) is 5.82 Å². The Morgan fingerprint density at radius 2 is 2.00 bits per heavy atom. The highest BCUT2D eigenvalue weighted by Crippen LogP contribution is 2.23. The summed E-state index contributed by atoms with van der Waals surface area (Å²) >= 11 is 0. The van der Waals surface area contributed by atoms with E-state index in [0.29, 0.717) is 5.82 Å². The second-order valence-electron chi connectivity index (χ2n) is 4.56. The Morgan fingerprint density at radius 3 is 2.55 bits per heavy atom. The topological polar surface area (TPSA) is 73.3 Å². The normalized spacial score (nSPS) is 11.6. The molecule has 0 fully saturated rings. The number of nitrogens with one attached hydrogen (secondary N) is 1. The third-order valence-corrected chi connectivity index (χ3v) is 3.10. The molecule has 0 aliphatic heterocycles. The quantitative estimate of drug-likeness (QED) is 0.856. The second kappa shape index (κ2) is 6.84. The van der Waals surface area contributed by atoms with Crippen molar-refractivity contribution in [1.29, 1.82) is 0 Å². The van der Waals surface area contributed by atoms with Crippen molar-refractivity contribution in [2.45, 2.75) is 13.0 Å². The number of ether oxygens (including phenoxy) is 2. The van der Waals surface area contributed by atoms with Crippen LogP contribution in [0.5, 0.6) is 5.75 Å². The van der Waals surface area contributed by atoms with Gasteiger partial charge in [0.25, 0.3) is 0 Å². The predicted octanol–water partition coefficient (Wildman–Crippen LogP) is 2.58. The molecule has 2 rings (SSSR count). The lowest BCUT2D eigenvalue weighted by Gasteiger charge is -2.15. The van der Waals surface area contributed by atoms with Gasteiger partial charge in [-0.3, -0.25) is 0 Å². The lowest BCUT2D eigenvalue weighted by Crippen LogP contribution is -2.11. The summed E-state index contributed by atoms with van der Waals surface area (Å²) in [6, 6.07) is 7.63. The van der Waals surface area contributed by atoms with Crippen LogP contribution in [0.15, 0.2) is 30.3 Å². The number of rotatable bonds is 5. The Labute approximate surface area is 127 Å². The number of benzene rings is 1. The molecule has 116 valence electrons. The van der Waals surface area contributed by atoms with E-state index >= 15 is 0 Å². The van der Waals surface area contributed by atoms with E-state index in [1.165, 1.54) is 26.4 Å². The van der Waals surface area contributed by atoms with Crippen LogP contribution in [0.4, 0.5) is 10.2 Å². The monoisotopic (exact) mass is 305 g/mol. The zero-order valence-corrected chi connectivity index (χ0v) is 12.5. The number of carbonyl (C=O) groups is 1. The molecule has 6 nitrogen and oxygen atoms in total. The van der Waals surface area contributed by atoms with Gasteiger partial charge in [-0.15, -0.1) is 10.2 Å². The Bertz CT molecular complexity index is 662. The van der Waals surface area contributed by atoms with Gasteiger partial charge in [-0.1, -0.05) is 6.07 Å². The van der Waals surface area contributed by atoms with E-state index in [9.17, 15) is 9.18 Å². The molecule has 22 heavy (non-hydrogen) atoms. The number of halogens is 1. The first kappa shape index (κ1) is 15.7. The summed E-state index contributed by atoms with van der Waals surface area (Å²) in [5.41, 5.74) is 0.855. The molecule has 0 aliphatic rings. The minimum Gasteiger partial charge on any atom is -0.494 e. The van der Waals surface area contributed by atoms with E-state index in [4.69, 9.17) is 4.74 Å². The SMILES string of the molecule is COC(=O)c1ccc(N[C@@H](C)c2ccc(OC)c(F)c2)nn1. The van der Waals surface area contributed by atoms with Gasteiger partial charge < -0.3 is 14.8 Å². The van der Waals surface area contributed by atoms with Crippen molar-refractivity contribution in [1.82, 2.24) is 10.2 Å². The molecule has 1 aromatic carbocycles. The van der Waals surface area contributed by atoms with E-state index in [-0.39, 0.29) is 17.5 Å². The third-order valence-electron chi connectivity index (χ3n) is 3.10. The van der Waals surface area contributed by atoms with Gasteiger partial charge >= 0.3 is 5.97 Å². The van der Waals surface area contributed by atoms with Crippen LogP contribution in [-0.4, -0.2) is 30.4 Å². The predicted molar refractivity (Wildman–Crippen MR) is 78.4 cm³/mol. The Balaban J connectivity index is 2.09. The minimum atomic E-state index is -0.552. The van der Waals surface area contributed by atoms with Crippen molar-refractivity contribution >= 4 is 11.8 Å². The van der Waals surface area contributed by atoms with Crippen LogP contribution in [0.1, 0.15) is 29.0 Å². The Morgan fingerprint density at radius 1 is 1.23 bits per heavy atom. The molecule has 0 unspecified atom stereocenters. The van der Waals surface area contributed by atoms with Crippen LogP contribution >= 0.6 is 0 Å². The highest BCUT2D eigenvalue weighted by atomic mass is 19.1. The summed E-state index contributed by atoms with van der Waals surface area (Å²) in [6.45, 7) is 1.86. The average Bonchev–Trinajstić information content (AvgIpc) is 2.54. The van der Waals surface area contributed by atoms with Gasteiger partial charge in [0.2, 0.25) is 0 Å². The summed E-state index contributed by atoms with van der Waals surface area (Å²) in [7, 11) is 2.69. The van der Waals surface area contributed by atoms with Crippen molar-refractivity contribution in [3.63, 3.8) is 0 Å². The standard InChI is InChI=1S/C15H16FN3O3/c1-9(10-4-6-13(21-2)11(16)8-10)17-14-7-5-12(18-19-14)15(20)22-3/h4-9H,1-3H3,(H,17,19)/t9-/m0/s1. The van der Waals surface area contributed by atoms with Gasteiger partial charge in [0.05, 0.1) is 20.3 Å². The number of aromatic nitrogens is 2. The third kappa shape index (κ3) is 3.49. The van der Waals surface area contributed by atoms with Crippen molar-refractivity contribution in [2.75, 3.05) is 19.5 Å². The molecular weight excluding hydrogens is 289 g/mol. The summed E-state index contributed by atoms with van der Waals surface area (Å²) < 4.78 is 23.1. The van der Waals surface area contributed by atoms with E-state index in [2.05, 4.69) is 20.3 Å². The van der Waals surface area contributed by atoms with Crippen molar-refractivity contribution < 1.29 is 18.7 Å². The van der Waals surface area contributed by atoms with Crippen LogP contribution in [0.25, 0.3) is 0 Å². The molecule has 0 aliphatic carbocycles. The van der Waals surface area contributed by atoms with E-state index in [1.54, 1.807) is 18.2 Å². The minimum absolute atomic E-state index is 0.121. The maximum atomic E-state index is 13.7. The molecule has 0 saturated carbocycles. The molecule has 0 saturated heterocycles. The molecule has 2 aromatic rings. The van der Waals surface area contributed by atoms with E-state index < -0.39 is 11.8 Å². The van der Waals surface area contributed by atoms with E-state index in [0.717, 1.165) is 5.56 Å². The second-order valence-corrected chi connectivity index (χ2v) is 4.56. The van der Waals surface area contributed by atoms with Gasteiger partial charge in [-0.05, 0) is 36.8 Å². The fraction of sp³-hybridized carbons (Fsp3) is 0.267. The molecule has 1 aromatic heterocycles. The zero-order valence-electron chi connectivity index (χ0n) is 12.5. The number of hydrogen-bond acceptors (Lipinski definition) is 6. The summed E-state index contributed by atoms with van der Waals surface area (Å²) in [6.07, 6.45) is 0. The van der Waals surface area contributed by atoms with E-state index in [1.807, 2.05) is 6.92 Å². The van der Waals surface area contributed by atoms with Crippen LogP contribution in [0.2, 0.25) is 0 Å². The van der Waals surface area contributed by atoms with Gasteiger partial charge in [0, 0.05) is 0 Å². The molecule has 7 heteroatoms. The number of esters is 1. The van der Waals surface area contributed by atoms with Crippen LogP contribution < -0.4 is 10.1 Å². The number of anilines is 1. The largest absolute Gasteiger partial charge is 0.494 e. The first-order valence-corrected chi connectivity index (χ1v) is 6.57. The molecule has 0 spiro atoms. The lowest BCUT2D eigenvalue weighted by atomic mass is 10.1. The van der Waals surface area contributed by atoms with Crippen molar-refractivity contribution in [2.24, 2.45) is 0 Å².